The van der Waals surface area contributed by atoms with E-state index >= 15 is 0 Å². The predicted molar refractivity (Wildman–Crippen MR) is 44.3 cm³/mol. The summed E-state index contributed by atoms with van der Waals surface area (Å²) in [6.45, 7) is 6.87. The fourth-order valence-electron chi connectivity index (χ4n) is 0.802. The Kier molecular flexibility index (Phi) is 4.34. The molecule has 64 valence electrons. The summed E-state index contributed by atoms with van der Waals surface area (Å²) in [7, 11) is 0. The van der Waals surface area contributed by atoms with Gasteiger partial charge in [-0.05, 0) is 20.8 Å². The average Bonchev–Trinajstić information content (AvgIpc) is 1.87. The molecule has 0 heterocycles. The molecular formula is C8H15NO2. The number of hydrogen-bond acceptors (Lipinski definition) is 2. The van der Waals surface area contributed by atoms with Gasteiger partial charge in [0.2, 0.25) is 0 Å². The van der Waals surface area contributed by atoms with Crippen LogP contribution < -0.4 is 0 Å². The van der Waals surface area contributed by atoms with E-state index in [1.54, 1.807) is 6.20 Å². The van der Waals surface area contributed by atoms with Gasteiger partial charge >= 0.3 is 5.97 Å². The van der Waals surface area contributed by atoms with E-state index in [0.717, 1.165) is 12.6 Å². The van der Waals surface area contributed by atoms with Crippen LogP contribution in [0.15, 0.2) is 12.3 Å². The third-order valence-corrected chi connectivity index (χ3v) is 1.44. The summed E-state index contributed by atoms with van der Waals surface area (Å²) in [5.74, 6) is -0.899. The Morgan fingerprint density at radius 3 is 2.45 bits per heavy atom. The van der Waals surface area contributed by atoms with Gasteiger partial charge in [0, 0.05) is 24.9 Å². The van der Waals surface area contributed by atoms with Crippen molar-refractivity contribution in [2.45, 2.75) is 26.8 Å². The largest absolute Gasteiger partial charge is 0.478 e. The second-order valence-corrected chi connectivity index (χ2v) is 2.58. The van der Waals surface area contributed by atoms with Crippen LogP contribution in [0.3, 0.4) is 0 Å². The Labute approximate surface area is 67.3 Å². The first-order valence-electron chi connectivity index (χ1n) is 3.74. The van der Waals surface area contributed by atoms with Gasteiger partial charge in [0.1, 0.15) is 0 Å². The maximum Gasteiger partial charge on any atom is 0.329 e. The molecule has 0 aromatic carbocycles. The topological polar surface area (TPSA) is 40.5 Å². The number of rotatable bonds is 4. The van der Waals surface area contributed by atoms with Crippen LogP contribution in [0.5, 0.6) is 0 Å². The Hall–Kier alpha value is -0.990. The van der Waals surface area contributed by atoms with E-state index in [4.69, 9.17) is 5.11 Å². The zero-order valence-corrected chi connectivity index (χ0v) is 7.24. The minimum atomic E-state index is -0.899. The van der Waals surface area contributed by atoms with Crippen LogP contribution in [0.1, 0.15) is 20.8 Å². The Morgan fingerprint density at radius 1 is 1.64 bits per heavy atom. The van der Waals surface area contributed by atoms with Gasteiger partial charge in [-0.3, -0.25) is 0 Å². The predicted octanol–water partition coefficient (Wildman–Crippen LogP) is 1.31. The fraction of sp³-hybridized carbons (Fsp3) is 0.625. The first kappa shape index (κ1) is 10.0. The quantitative estimate of drug-likeness (QED) is 0.625. The van der Waals surface area contributed by atoms with Gasteiger partial charge in [-0.15, -0.1) is 0 Å². The molecule has 0 atom stereocenters. The van der Waals surface area contributed by atoms with Crippen molar-refractivity contribution < 1.29 is 9.90 Å². The van der Waals surface area contributed by atoms with Crippen molar-refractivity contribution in [3.63, 3.8) is 0 Å². The highest BCUT2D eigenvalue weighted by atomic mass is 16.4. The number of carboxylic acid groups (broad SMARTS) is 1. The summed E-state index contributed by atoms with van der Waals surface area (Å²) < 4.78 is 0. The highest BCUT2D eigenvalue weighted by molar-refractivity contribution is 5.79. The van der Waals surface area contributed by atoms with Crippen molar-refractivity contribution in [1.29, 1.82) is 0 Å². The van der Waals surface area contributed by atoms with Crippen LogP contribution in [0.4, 0.5) is 0 Å². The molecule has 0 aliphatic rings. The summed E-state index contributed by atoms with van der Waals surface area (Å²) in [5.41, 5.74) is 0. The third-order valence-electron chi connectivity index (χ3n) is 1.44. The van der Waals surface area contributed by atoms with Gasteiger partial charge in [-0.25, -0.2) is 4.79 Å². The lowest BCUT2D eigenvalue weighted by atomic mass is 10.3. The molecular weight excluding hydrogens is 142 g/mol. The van der Waals surface area contributed by atoms with Gasteiger partial charge in [-0.2, -0.15) is 0 Å². The average molecular weight is 157 g/mol. The van der Waals surface area contributed by atoms with Crippen LogP contribution in [0.2, 0.25) is 0 Å². The summed E-state index contributed by atoms with van der Waals surface area (Å²) in [4.78, 5) is 12.1. The summed E-state index contributed by atoms with van der Waals surface area (Å²) in [6, 6.07) is 0.357. The van der Waals surface area contributed by atoms with E-state index in [1.165, 1.54) is 0 Å². The molecule has 0 aromatic heterocycles. The number of carboxylic acids is 1. The van der Waals surface area contributed by atoms with E-state index in [0.29, 0.717) is 6.04 Å². The molecule has 3 nitrogen and oxygen atoms in total. The van der Waals surface area contributed by atoms with Crippen LogP contribution >= 0.6 is 0 Å². The fourth-order valence-corrected chi connectivity index (χ4v) is 0.802. The normalized spacial score (nSPS) is 10.9. The second kappa shape index (κ2) is 4.77. The van der Waals surface area contributed by atoms with Crippen molar-refractivity contribution in [1.82, 2.24) is 4.90 Å². The smallest absolute Gasteiger partial charge is 0.329 e. The minimum absolute atomic E-state index is 0.357. The summed E-state index contributed by atoms with van der Waals surface area (Å²) >= 11 is 0. The Bertz CT molecular complexity index is 152. The molecule has 0 aliphatic carbocycles. The van der Waals surface area contributed by atoms with Gasteiger partial charge in [0.05, 0.1) is 0 Å². The van der Waals surface area contributed by atoms with Crippen LogP contribution in [-0.4, -0.2) is 28.6 Å². The maximum absolute atomic E-state index is 10.1. The second-order valence-electron chi connectivity index (χ2n) is 2.58. The third kappa shape index (κ3) is 4.42. The molecule has 0 saturated carbocycles. The highest BCUT2D eigenvalue weighted by Gasteiger charge is 2.00. The molecule has 0 rings (SSSR count). The van der Waals surface area contributed by atoms with Crippen molar-refractivity contribution in [2.75, 3.05) is 6.54 Å². The number of hydrogen-bond donors (Lipinski definition) is 1. The Morgan fingerprint density at radius 2 is 2.18 bits per heavy atom. The van der Waals surface area contributed by atoms with Gasteiger partial charge in [0.25, 0.3) is 0 Å². The van der Waals surface area contributed by atoms with Gasteiger partial charge < -0.3 is 10.0 Å². The summed E-state index contributed by atoms with van der Waals surface area (Å²) in [5, 5.41) is 8.33. The van der Waals surface area contributed by atoms with E-state index < -0.39 is 5.97 Å². The zero-order chi connectivity index (χ0) is 8.85. The molecule has 0 saturated heterocycles. The highest BCUT2D eigenvalue weighted by Crippen LogP contribution is 1.97. The summed E-state index contributed by atoms with van der Waals surface area (Å²) in [6.07, 6.45) is 2.76. The molecule has 0 radical (unpaired) electrons. The SMILES string of the molecule is CCN(/C=C/C(=O)O)C(C)C. The molecule has 0 aromatic rings. The van der Waals surface area contributed by atoms with Crippen molar-refractivity contribution in [3.05, 3.63) is 12.3 Å². The zero-order valence-electron chi connectivity index (χ0n) is 7.24. The first-order chi connectivity index (χ1) is 5.07. The molecule has 3 heteroatoms. The lowest BCUT2D eigenvalue weighted by Crippen LogP contribution is -2.24. The van der Waals surface area contributed by atoms with Crippen molar-refractivity contribution in [3.8, 4) is 0 Å². The van der Waals surface area contributed by atoms with Crippen molar-refractivity contribution in [2.24, 2.45) is 0 Å². The molecule has 0 aliphatic heterocycles. The monoisotopic (exact) mass is 157 g/mol. The molecule has 0 amide bonds. The molecule has 0 unspecified atom stereocenters. The van der Waals surface area contributed by atoms with Gasteiger partial charge in [0.15, 0.2) is 0 Å². The van der Waals surface area contributed by atoms with Crippen LogP contribution in [0.25, 0.3) is 0 Å². The lowest BCUT2D eigenvalue weighted by Gasteiger charge is -2.22. The minimum Gasteiger partial charge on any atom is -0.478 e. The van der Waals surface area contributed by atoms with E-state index in [9.17, 15) is 4.79 Å². The van der Waals surface area contributed by atoms with Gasteiger partial charge in [-0.1, -0.05) is 0 Å². The number of carbonyl (C=O) groups is 1. The molecule has 0 spiro atoms. The first-order valence-corrected chi connectivity index (χ1v) is 3.74. The lowest BCUT2D eigenvalue weighted by molar-refractivity contribution is -0.131. The standard InChI is InChI=1S/C8H15NO2/c1-4-9(7(2)3)6-5-8(10)11/h5-7H,4H2,1-3H3,(H,10,11)/b6-5+. The van der Waals surface area contributed by atoms with Crippen LogP contribution in [0, 0.1) is 0 Å². The molecule has 1 N–H and O–H groups in total. The van der Waals surface area contributed by atoms with E-state index in [1.807, 2.05) is 25.7 Å². The molecule has 0 fully saturated rings. The van der Waals surface area contributed by atoms with Crippen molar-refractivity contribution >= 4 is 5.97 Å². The molecule has 11 heavy (non-hydrogen) atoms. The maximum atomic E-state index is 10.1. The number of nitrogens with zero attached hydrogens (tertiary/aromatic N) is 1. The molecule has 0 bridgehead atoms. The van der Waals surface area contributed by atoms with Crippen LogP contribution in [-0.2, 0) is 4.79 Å². The van der Waals surface area contributed by atoms with E-state index in [-0.39, 0.29) is 0 Å². The Balaban J connectivity index is 3.97. The van der Waals surface area contributed by atoms with E-state index in [2.05, 4.69) is 0 Å². The number of aliphatic carboxylic acids is 1.